The molecule has 2 saturated heterocycles. The molecule has 0 spiro atoms. The number of fused-ring (bicyclic) bond motifs is 1. The molecule has 0 bridgehead atoms. The highest BCUT2D eigenvalue weighted by Gasteiger charge is 2.60. The van der Waals surface area contributed by atoms with E-state index in [0.717, 1.165) is 15.4 Å². The number of aliphatic carboxylic acids is 1. The van der Waals surface area contributed by atoms with Gasteiger partial charge in [-0.15, -0.1) is 0 Å². The molecule has 0 aromatic heterocycles. The fourth-order valence-corrected chi connectivity index (χ4v) is 3.15. The molecule has 2 heterocycles. The first-order valence-electron chi connectivity index (χ1n) is 7.51. The lowest BCUT2D eigenvalue weighted by Gasteiger charge is -2.43. The molecule has 2 aliphatic heterocycles. The lowest BCUT2D eigenvalue weighted by atomic mass is 9.96. The second-order valence-corrected chi connectivity index (χ2v) is 6.01. The lowest BCUT2D eigenvalue weighted by Crippen LogP contribution is -2.71. The standard InChI is InChI=1S/C16H17N3O5/c1-8-3-5-10(6-4-8)13(21)17-12-11-7-18(9(2)20)14(16(23)24)19(11)15(12)22/h3-6,11-12,14H,7H2,1-2H3,(H,17,21)(H,23,24). The molecule has 2 N–H and O–H groups in total. The van der Waals surface area contributed by atoms with Crippen LogP contribution in [0.4, 0.5) is 0 Å². The van der Waals surface area contributed by atoms with Gasteiger partial charge < -0.3 is 20.2 Å². The molecule has 0 radical (unpaired) electrons. The average molecular weight is 331 g/mol. The van der Waals surface area contributed by atoms with Crippen LogP contribution in [0.2, 0.25) is 0 Å². The van der Waals surface area contributed by atoms with Crippen molar-refractivity contribution in [3.63, 3.8) is 0 Å². The van der Waals surface area contributed by atoms with Crippen molar-refractivity contribution in [1.82, 2.24) is 15.1 Å². The molecule has 1 aromatic carbocycles. The van der Waals surface area contributed by atoms with E-state index in [9.17, 15) is 24.3 Å². The Morgan fingerprint density at radius 2 is 1.83 bits per heavy atom. The van der Waals surface area contributed by atoms with Crippen LogP contribution in [0.15, 0.2) is 24.3 Å². The van der Waals surface area contributed by atoms with Crippen LogP contribution in [0.5, 0.6) is 0 Å². The van der Waals surface area contributed by atoms with E-state index >= 15 is 0 Å². The van der Waals surface area contributed by atoms with Gasteiger partial charge in [-0.3, -0.25) is 14.4 Å². The monoisotopic (exact) mass is 331 g/mol. The molecule has 3 unspecified atom stereocenters. The molecule has 126 valence electrons. The summed E-state index contributed by atoms with van der Waals surface area (Å²) in [5, 5.41) is 11.9. The van der Waals surface area contributed by atoms with E-state index in [2.05, 4.69) is 5.32 Å². The zero-order chi connectivity index (χ0) is 17.6. The molecular formula is C16H17N3O5. The zero-order valence-electron chi connectivity index (χ0n) is 13.2. The molecule has 3 rings (SSSR count). The first-order chi connectivity index (χ1) is 11.3. The maximum Gasteiger partial charge on any atom is 0.347 e. The highest BCUT2D eigenvalue weighted by Crippen LogP contribution is 2.32. The Balaban J connectivity index is 1.75. The van der Waals surface area contributed by atoms with E-state index in [4.69, 9.17) is 0 Å². The number of hydrogen-bond donors (Lipinski definition) is 2. The van der Waals surface area contributed by atoms with E-state index in [-0.39, 0.29) is 6.54 Å². The predicted molar refractivity (Wildman–Crippen MR) is 81.9 cm³/mol. The number of rotatable bonds is 3. The van der Waals surface area contributed by atoms with Gasteiger partial charge in [-0.25, -0.2) is 4.79 Å². The minimum Gasteiger partial charge on any atom is -0.478 e. The second-order valence-electron chi connectivity index (χ2n) is 6.01. The smallest absolute Gasteiger partial charge is 0.347 e. The number of hydrogen-bond acceptors (Lipinski definition) is 4. The van der Waals surface area contributed by atoms with Crippen LogP contribution in [0.25, 0.3) is 0 Å². The SMILES string of the molecule is CC(=O)N1CC2C(NC(=O)c3ccc(C)cc3)C(=O)N2C1C(=O)O. The summed E-state index contributed by atoms with van der Waals surface area (Å²) >= 11 is 0. The minimum atomic E-state index is -1.30. The molecule has 8 heteroatoms. The van der Waals surface area contributed by atoms with Gasteiger partial charge in [0.2, 0.25) is 18.0 Å². The number of amides is 3. The summed E-state index contributed by atoms with van der Waals surface area (Å²) in [7, 11) is 0. The van der Waals surface area contributed by atoms with E-state index in [1.54, 1.807) is 24.3 Å². The first-order valence-corrected chi connectivity index (χ1v) is 7.51. The van der Waals surface area contributed by atoms with Gasteiger partial charge in [0.15, 0.2) is 0 Å². The third-order valence-electron chi connectivity index (χ3n) is 4.43. The van der Waals surface area contributed by atoms with Crippen molar-refractivity contribution in [2.24, 2.45) is 0 Å². The highest BCUT2D eigenvalue weighted by atomic mass is 16.4. The topological polar surface area (TPSA) is 107 Å². The third-order valence-corrected chi connectivity index (χ3v) is 4.43. The van der Waals surface area contributed by atoms with Crippen molar-refractivity contribution in [2.75, 3.05) is 6.54 Å². The Morgan fingerprint density at radius 1 is 1.21 bits per heavy atom. The minimum absolute atomic E-state index is 0.0941. The number of β-lactam (4-membered cyclic amide) rings is 1. The fourth-order valence-electron chi connectivity index (χ4n) is 3.15. The fraction of sp³-hybridized carbons (Fsp3) is 0.375. The van der Waals surface area contributed by atoms with Gasteiger partial charge in [0.1, 0.15) is 6.04 Å². The van der Waals surface area contributed by atoms with Crippen LogP contribution in [0.1, 0.15) is 22.8 Å². The van der Waals surface area contributed by atoms with E-state index < -0.39 is 41.9 Å². The number of carbonyl (C=O) groups excluding carboxylic acids is 3. The number of aryl methyl sites for hydroxylation is 1. The maximum atomic E-state index is 12.3. The highest BCUT2D eigenvalue weighted by molar-refractivity contribution is 6.02. The largest absolute Gasteiger partial charge is 0.478 e. The van der Waals surface area contributed by atoms with Crippen molar-refractivity contribution >= 4 is 23.7 Å². The van der Waals surface area contributed by atoms with Crippen LogP contribution in [-0.4, -0.2) is 63.4 Å². The molecule has 24 heavy (non-hydrogen) atoms. The third kappa shape index (κ3) is 2.40. The molecule has 3 amide bonds. The summed E-state index contributed by atoms with van der Waals surface area (Å²) in [6.07, 6.45) is -1.30. The summed E-state index contributed by atoms with van der Waals surface area (Å²) in [4.78, 5) is 49.7. The van der Waals surface area contributed by atoms with Crippen molar-refractivity contribution in [2.45, 2.75) is 32.1 Å². The van der Waals surface area contributed by atoms with Crippen LogP contribution >= 0.6 is 0 Å². The molecule has 1 aromatic rings. The van der Waals surface area contributed by atoms with Gasteiger partial charge >= 0.3 is 5.97 Å². The van der Waals surface area contributed by atoms with Crippen molar-refractivity contribution < 1.29 is 24.3 Å². The van der Waals surface area contributed by atoms with Crippen molar-refractivity contribution in [3.05, 3.63) is 35.4 Å². The average Bonchev–Trinajstić information content (AvgIpc) is 2.89. The summed E-state index contributed by atoms with van der Waals surface area (Å²) in [5.74, 6) is -2.57. The Kier molecular flexibility index (Phi) is 3.75. The number of benzene rings is 1. The Morgan fingerprint density at radius 3 is 2.38 bits per heavy atom. The summed E-state index contributed by atoms with van der Waals surface area (Å²) in [6.45, 7) is 3.25. The summed E-state index contributed by atoms with van der Waals surface area (Å²) in [6, 6.07) is 5.56. The van der Waals surface area contributed by atoms with Gasteiger partial charge in [-0.2, -0.15) is 0 Å². The summed E-state index contributed by atoms with van der Waals surface area (Å²) in [5.41, 5.74) is 1.43. The van der Waals surface area contributed by atoms with Gasteiger partial charge in [-0.05, 0) is 19.1 Å². The number of nitrogens with one attached hydrogen (secondary N) is 1. The Bertz CT molecular complexity index is 730. The molecule has 3 atom stereocenters. The molecule has 8 nitrogen and oxygen atoms in total. The van der Waals surface area contributed by atoms with Crippen LogP contribution < -0.4 is 5.32 Å². The number of nitrogens with zero attached hydrogens (tertiary/aromatic N) is 2. The number of carbonyl (C=O) groups is 4. The van der Waals surface area contributed by atoms with Gasteiger partial charge in [0, 0.05) is 19.0 Å². The van der Waals surface area contributed by atoms with Gasteiger partial charge in [0.05, 0.1) is 6.04 Å². The number of carboxylic acids is 1. The molecule has 2 aliphatic rings. The van der Waals surface area contributed by atoms with Crippen LogP contribution in [-0.2, 0) is 14.4 Å². The Hall–Kier alpha value is -2.90. The van der Waals surface area contributed by atoms with Gasteiger partial charge in [-0.1, -0.05) is 17.7 Å². The Labute approximate surface area is 138 Å². The van der Waals surface area contributed by atoms with Crippen LogP contribution in [0, 0.1) is 6.92 Å². The van der Waals surface area contributed by atoms with E-state index in [1.165, 1.54) is 6.92 Å². The molecular weight excluding hydrogens is 314 g/mol. The van der Waals surface area contributed by atoms with Gasteiger partial charge in [0.25, 0.3) is 5.91 Å². The first kappa shape index (κ1) is 16.0. The molecule has 0 saturated carbocycles. The predicted octanol–water partition coefficient (Wildman–Crippen LogP) is -0.423. The summed E-state index contributed by atoms with van der Waals surface area (Å²) < 4.78 is 0. The molecule has 0 aliphatic carbocycles. The quantitative estimate of drug-likeness (QED) is 0.732. The van der Waals surface area contributed by atoms with E-state index in [0.29, 0.717) is 5.56 Å². The maximum absolute atomic E-state index is 12.3. The molecule has 2 fully saturated rings. The van der Waals surface area contributed by atoms with Crippen molar-refractivity contribution in [3.8, 4) is 0 Å². The lowest BCUT2D eigenvalue weighted by molar-refractivity contribution is -0.164. The number of carboxylic acid groups (broad SMARTS) is 1. The van der Waals surface area contributed by atoms with E-state index in [1.807, 2.05) is 6.92 Å². The normalized spacial score (nSPS) is 25.1. The van der Waals surface area contributed by atoms with Crippen molar-refractivity contribution in [1.29, 1.82) is 0 Å². The zero-order valence-corrected chi connectivity index (χ0v) is 13.2. The van der Waals surface area contributed by atoms with Crippen LogP contribution in [0.3, 0.4) is 0 Å². The second kappa shape index (κ2) is 5.63.